The Morgan fingerprint density at radius 1 is 1.38 bits per heavy atom. The number of carbonyl (C=O) groups is 2. The van der Waals surface area contributed by atoms with Crippen LogP contribution in [-0.2, 0) is 9.59 Å². The van der Waals surface area contributed by atoms with E-state index in [1.807, 2.05) is 6.92 Å². The second-order valence-corrected chi connectivity index (χ2v) is 7.55. The van der Waals surface area contributed by atoms with Crippen molar-refractivity contribution >= 4 is 23.6 Å². The van der Waals surface area contributed by atoms with Gasteiger partial charge in [-0.05, 0) is 43.0 Å². The Bertz CT molecular complexity index is 637. The first-order valence-electron chi connectivity index (χ1n) is 8.59. The van der Waals surface area contributed by atoms with Crippen LogP contribution >= 0.6 is 11.8 Å². The average molecular weight is 350 g/mol. The lowest BCUT2D eigenvalue weighted by molar-refractivity contribution is -0.135. The highest BCUT2D eigenvalue weighted by Gasteiger charge is 2.30. The summed E-state index contributed by atoms with van der Waals surface area (Å²) in [5.74, 6) is 0.563. The van der Waals surface area contributed by atoms with Crippen LogP contribution in [0.1, 0.15) is 44.2 Å². The quantitative estimate of drug-likeness (QED) is 0.911. The summed E-state index contributed by atoms with van der Waals surface area (Å²) in [5, 5.41) is 3.09. The van der Waals surface area contributed by atoms with Crippen molar-refractivity contribution in [2.45, 2.75) is 43.5 Å². The zero-order chi connectivity index (χ0) is 17.1. The number of piperidine rings is 1. The number of fused-ring (bicyclic) bond motifs is 1. The van der Waals surface area contributed by atoms with Crippen molar-refractivity contribution in [3.05, 3.63) is 29.6 Å². The van der Waals surface area contributed by atoms with Gasteiger partial charge >= 0.3 is 0 Å². The zero-order valence-electron chi connectivity index (χ0n) is 13.9. The van der Waals surface area contributed by atoms with Crippen LogP contribution in [-0.4, -0.2) is 35.6 Å². The number of amides is 2. The molecule has 0 saturated carbocycles. The van der Waals surface area contributed by atoms with Gasteiger partial charge in [0.05, 0.1) is 12.0 Å². The second-order valence-electron chi connectivity index (χ2n) is 6.41. The lowest BCUT2D eigenvalue weighted by Gasteiger charge is -2.33. The molecule has 2 unspecified atom stereocenters. The molecule has 0 aliphatic carbocycles. The summed E-state index contributed by atoms with van der Waals surface area (Å²) in [6, 6.07) is 4.64. The van der Waals surface area contributed by atoms with Crippen molar-refractivity contribution in [1.29, 1.82) is 0 Å². The first kappa shape index (κ1) is 17.3. The summed E-state index contributed by atoms with van der Waals surface area (Å²) in [6.45, 7) is 3.08. The SMILES string of the molecule is CCC(=O)N1CCCC(C(=O)NC2CCSc3ccc(F)cc32)C1. The zero-order valence-corrected chi connectivity index (χ0v) is 14.7. The van der Waals surface area contributed by atoms with E-state index in [9.17, 15) is 14.0 Å². The Morgan fingerprint density at radius 2 is 2.21 bits per heavy atom. The van der Waals surface area contributed by atoms with E-state index in [0.29, 0.717) is 13.0 Å². The van der Waals surface area contributed by atoms with Gasteiger partial charge in [0, 0.05) is 30.2 Å². The van der Waals surface area contributed by atoms with Crippen LogP contribution < -0.4 is 5.32 Å². The van der Waals surface area contributed by atoms with Gasteiger partial charge in [0.25, 0.3) is 0 Å². The van der Waals surface area contributed by atoms with Gasteiger partial charge in [-0.15, -0.1) is 11.8 Å². The number of rotatable bonds is 3. The smallest absolute Gasteiger partial charge is 0.225 e. The Balaban J connectivity index is 1.67. The van der Waals surface area contributed by atoms with E-state index in [4.69, 9.17) is 0 Å². The van der Waals surface area contributed by atoms with Crippen LogP contribution in [0.15, 0.2) is 23.1 Å². The molecule has 0 bridgehead atoms. The number of thioether (sulfide) groups is 1. The fourth-order valence-electron chi connectivity index (χ4n) is 3.45. The van der Waals surface area contributed by atoms with Crippen LogP contribution in [0, 0.1) is 11.7 Å². The number of hydrogen-bond donors (Lipinski definition) is 1. The maximum atomic E-state index is 13.6. The van der Waals surface area contributed by atoms with E-state index in [-0.39, 0.29) is 29.6 Å². The fourth-order valence-corrected chi connectivity index (χ4v) is 4.55. The number of nitrogens with zero attached hydrogens (tertiary/aromatic N) is 1. The molecule has 0 spiro atoms. The summed E-state index contributed by atoms with van der Waals surface area (Å²) in [4.78, 5) is 27.4. The number of benzene rings is 1. The highest BCUT2D eigenvalue weighted by Crippen LogP contribution is 2.36. The van der Waals surface area contributed by atoms with Crippen LogP contribution in [0.4, 0.5) is 4.39 Å². The molecule has 1 saturated heterocycles. The number of hydrogen-bond acceptors (Lipinski definition) is 3. The molecule has 1 N–H and O–H groups in total. The largest absolute Gasteiger partial charge is 0.349 e. The van der Waals surface area contributed by atoms with Gasteiger partial charge < -0.3 is 10.2 Å². The van der Waals surface area contributed by atoms with Crippen molar-refractivity contribution < 1.29 is 14.0 Å². The maximum Gasteiger partial charge on any atom is 0.225 e. The molecular formula is C18H23FN2O2S. The van der Waals surface area contributed by atoms with Crippen molar-refractivity contribution in [2.75, 3.05) is 18.8 Å². The molecule has 2 heterocycles. The fraction of sp³-hybridized carbons (Fsp3) is 0.556. The molecule has 6 heteroatoms. The van der Waals surface area contributed by atoms with Crippen LogP contribution in [0.3, 0.4) is 0 Å². The molecule has 0 aromatic heterocycles. The molecule has 1 fully saturated rings. The normalized spacial score (nSPS) is 23.5. The molecule has 2 amide bonds. The minimum Gasteiger partial charge on any atom is -0.349 e. The van der Waals surface area contributed by atoms with E-state index in [0.717, 1.165) is 42.0 Å². The molecule has 2 aliphatic heterocycles. The van der Waals surface area contributed by atoms with E-state index in [2.05, 4.69) is 5.32 Å². The van der Waals surface area contributed by atoms with Crippen molar-refractivity contribution in [2.24, 2.45) is 5.92 Å². The third-order valence-corrected chi connectivity index (χ3v) is 5.90. The summed E-state index contributed by atoms with van der Waals surface area (Å²) in [7, 11) is 0. The standard InChI is InChI=1S/C18H23FN2O2S/c1-2-17(22)21-8-3-4-12(11-21)18(23)20-15-7-9-24-16-6-5-13(19)10-14(15)16/h5-6,10,12,15H,2-4,7-9,11H2,1H3,(H,20,23). The summed E-state index contributed by atoms with van der Waals surface area (Å²) < 4.78 is 13.6. The lowest BCUT2D eigenvalue weighted by atomic mass is 9.95. The highest BCUT2D eigenvalue weighted by molar-refractivity contribution is 7.99. The van der Waals surface area contributed by atoms with Gasteiger partial charge in [-0.25, -0.2) is 4.39 Å². The number of nitrogens with one attached hydrogen (secondary N) is 1. The molecule has 2 aliphatic rings. The van der Waals surface area contributed by atoms with Gasteiger partial charge in [-0.1, -0.05) is 6.92 Å². The Labute approximate surface area is 146 Å². The average Bonchev–Trinajstić information content (AvgIpc) is 2.61. The molecule has 24 heavy (non-hydrogen) atoms. The minimum atomic E-state index is -0.270. The molecule has 4 nitrogen and oxygen atoms in total. The van der Waals surface area contributed by atoms with Gasteiger partial charge in [0.1, 0.15) is 5.82 Å². The van der Waals surface area contributed by atoms with Gasteiger partial charge in [0.15, 0.2) is 0 Å². The first-order valence-corrected chi connectivity index (χ1v) is 9.57. The summed E-state index contributed by atoms with van der Waals surface area (Å²) in [5.41, 5.74) is 0.872. The van der Waals surface area contributed by atoms with Gasteiger partial charge in [-0.2, -0.15) is 0 Å². The summed E-state index contributed by atoms with van der Waals surface area (Å²) in [6.07, 6.45) is 2.93. The van der Waals surface area contributed by atoms with Crippen molar-refractivity contribution in [3.63, 3.8) is 0 Å². The number of halogens is 1. The van der Waals surface area contributed by atoms with E-state index < -0.39 is 0 Å². The van der Waals surface area contributed by atoms with E-state index in [1.54, 1.807) is 22.7 Å². The third kappa shape index (κ3) is 3.74. The van der Waals surface area contributed by atoms with Crippen molar-refractivity contribution in [3.8, 4) is 0 Å². The first-order chi connectivity index (χ1) is 11.6. The highest BCUT2D eigenvalue weighted by atomic mass is 32.2. The van der Waals surface area contributed by atoms with Crippen LogP contribution in [0.2, 0.25) is 0 Å². The molecule has 130 valence electrons. The molecule has 1 aromatic rings. The molecular weight excluding hydrogens is 327 g/mol. The Kier molecular flexibility index (Phi) is 5.43. The topological polar surface area (TPSA) is 49.4 Å². The Morgan fingerprint density at radius 3 is 3.00 bits per heavy atom. The van der Waals surface area contributed by atoms with E-state index >= 15 is 0 Å². The molecule has 1 aromatic carbocycles. The van der Waals surface area contributed by atoms with Gasteiger partial charge in [0.2, 0.25) is 11.8 Å². The molecule has 2 atom stereocenters. The third-order valence-electron chi connectivity index (χ3n) is 4.78. The molecule has 3 rings (SSSR count). The van der Waals surface area contributed by atoms with Gasteiger partial charge in [-0.3, -0.25) is 9.59 Å². The number of carbonyl (C=O) groups excluding carboxylic acids is 2. The Hall–Kier alpha value is -1.56. The lowest BCUT2D eigenvalue weighted by Crippen LogP contribution is -2.46. The van der Waals surface area contributed by atoms with Crippen LogP contribution in [0.5, 0.6) is 0 Å². The summed E-state index contributed by atoms with van der Waals surface area (Å²) >= 11 is 1.70. The predicted molar refractivity (Wildman–Crippen MR) is 92.2 cm³/mol. The van der Waals surface area contributed by atoms with E-state index in [1.165, 1.54) is 12.1 Å². The van der Waals surface area contributed by atoms with Crippen LogP contribution in [0.25, 0.3) is 0 Å². The predicted octanol–water partition coefficient (Wildman–Crippen LogP) is 3.13. The second kappa shape index (κ2) is 7.55. The monoisotopic (exact) mass is 350 g/mol. The maximum absolute atomic E-state index is 13.6. The number of likely N-dealkylation sites (tertiary alicyclic amines) is 1. The minimum absolute atomic E-state index is 0.0179. The molecule has 0 radical (unpaired) electrons. The van der Waals surface area contributed by atoms with Crippen molar-refractivity contribution in [1.82, 2.24) is 10.2 Å².